The lowest BCUT2D eigenvalue weighted by Gasteiger charge is -2.09. The molecule has 1 N–H and O–H groups in total. The van der Waals surface area contributed by atoms with Crippen molar-refractivity contribution in [3.8, 4) is 28.6 Å². The first-order valence-corrected chi connectivity index (χ1v) is 10.7. The van der Waals surface area contributed by atoms with Gasteiger partial charge in [0.2, 0.25) is 17.6 Å². The third-order valence-electron chi connectivity index (χ3n) is 4.67. The number of ether oxygens (including phenoxy) is 2. The van der Waals surface area contributed by atoms with E-state index in [0.717, 1.165) is 30.1 Å². The van der Waals surface area contributed by atoms with Gasteiger partial charge in [0.1, 0.15) is 23.3 Å². The Bertz CT molecular complexity index is 952. The van der Waals surface area contributed by atoms with Crippen LogP contribution in [0.15, 0.2) is 53.1 Å². The highest BCUT2D eigenvalue weighted by Gasteiger charge is 2.16. The number of unbranched alkanes of at least 4 members (excludes halogenated alkanes) is 3. The SMILES string of the molecule is CCCCCCOc1ccc(Oc2ccc(-c3noc(C(C)NC(C)=O)n3)cc2)cc1. The lowest BCUT2D eigenvalue weighted by atomic mass is 10.2. The van der Waals surface area contributed by atoms with Crippen LogP contribution in [-0.2, 0) is 4.79 Å². The average Bonchev–Trinajstić information content (AvgIpc) is 3.25. The van der Waals surface area contributed by atoms with Crippen molar-refractivity contribution < 1.29 is 18.8 Å². The van der Waals surface area contributed by atoms with Gasteiger partial charge in [0.25, 0.3) is 0 Å². The Morgan fingerprint density at radius 3 is 2.29 bits per heavy atom. The third-order valence-corrected chi connectivity index (χ3v) is 4.67. The third kappa shape index (κ3) is 6.84. The molecule has 3 rings (SSSR count). The summed E-state index contributed by atoms with van der Waals surface area (Å²) >= 11 is 0. The molecule has 164 valence electrons. The van der Waals surface area contributed by atoms with E-state index in [9.17, 15) is 4.79 Å². The van der Waals surface area contributed by atoms with Gasteiger partial charge in [-0.2, -0.15) is 4.98 Å². The molecule has 0 saturated heterocycles. The van der Waals surface area contributed by atoms with Gasteiger partial charge in [-0.25, -0.2) is 0 Å². The fourth-order valence-corrected chi connectivity index (χ4v) is 3.03. The molecule has 1 aromatic heterocycles. The van der Waals surface area contributed by atoms with E-state index in [-0.39, 0.29) is 11.9 Å². The van der Waals surface area contributed by atoms with Crippen LogP contribution in [0.1, 0.15) is 58.4 Å². The maximum atomic E-state index is 11.2. The fraction of sp³-hybridized carbons (Fsp3) is 0.375. The Labute approximate surface area is 182 Å². The zero-order valence-electron chi connectivity index (χ0n) is 18.3. The molecular weight excluding hydrogens is 394 g/mol. The van der Waals surface area contributed by atoms with Gasteiger partial charge in [0.05, 0.1) is 6.61 Å². The first kappa shape index (κ1) is 22.3. The van der Waals surface area contributed by atoms with Crippen LogP contribution in [0.2, 0.25) is 0 Å². The van der Waals surface area contributed by atoms with Crippen LogP contribution in [0.25, 0.3) is 11.4 Å². The van der Waals surface area contributed by atoms with Crippen molar-refractivity contribution in [1.29, 1.82) is 0 Å². The van der Waals surface area contributed by atoms with E-state index < -0.39 is 0 Å². The molecule has 0 spiro atoms. The van der Waals surface area contributed by atoms with E-state index in [0.29, 0.717) is 17.5 Å². The van der Waals surface area contributed by atoms with Gasteiger partial charge in [-0.05, 0) is 61.9 Å². The molecule has 0 aliphatic carbocycles. The highest BCUT2D eigenvalue weighted by Crippen LogP contribution is 2.26. The minimum Gasteiger partial charge on any atom is -0.494 e. The van der Waals surface area contributed by atoms with Crippen molar-refractivity contribution in [2.45, 2.75) is 52.5 Å². The van der Waals surface area contributed by atoms with Crippen molar-refractivity contribution in [2.24, 2.45) is 0 Å². The van der Waals surface area contributed by atoms with Crippen LogP contribution in [-0.4, -0.2) is 22.7 Å². The minimum atomic E-state index is -0.343. The molecule has 2 aromatic carbocycles. The van der Waals surface area contributed by atoms with Gasteiger partial charge in [-0.15, -0.1) is 0 Å². The van der Waals surface area contributed by atoms with Crippen LogP contribution >= 0.6 is 0 Å². The van der Waals surface area contributed by atoms with Crippen LogP contribution in [0.4, 0.5) is 0 Å². The minimum absolute atomic E-state index is 0.152. The van der Waals surface area contributed by atoms with Crippen LogP contribution in [0.5, 0.6) is 17.2 Å². The number of benzene rings is 2. The predicted octanol–water partition coefficient (Wildman–Crippen LogP) is 5.69. The molecule has 0 aliphatic heterocycles. The molecule has 0 fully saturated rings. The molecule has 1 heterocycles. The summed E-state index contributed by atoms with van der Waals surface area (Å²) in [6.45, 7) is 6.17. The van der Waals surface area contributed by atoms with Crippen LogP contribution in [0.3, 0.4) is 0 Å². The summed E-state index contributed by atoms with van der Waals surface area (Å²) < 4.78 is 16.9. The van der Waals surface area contributed by atoms with Crippen LogP contribution in [0, 0.1) is 0 Å². The van der Waals surface area contributed by atoms with Crippen molar-refractivity contribution in [1.82, 2.24) is 15.5 Å². The largest absolute Gasteiger partial charge is 0.494 e. The number of amides is 1. The number of aromatic nitrogens is 2. The summed E-state index contributed by atoms with van der Waals surface area (Å²) in [5, 5.41) is 6.71. The standard InChI is InChI=1S/C24H29N3O4/c1-4-5-6-7-16-29-20-12-14-22(15-13-20)30-21-10-8-19(9-11-21)23-26-24(31-27-23)17(2)25-18(3)28/h8-15,17H,4-7,16H2,1-3H3,(H,25,28). The molecule has 1 unspecified atom stereocenters. The zero-order valence-corrected chi connectivity index (χ0v) is 18.3. The Balaban J connectivity index is 1.54. The molecule has 7 nitrogen and oxygen atoms in total. The molecule has 3 aromatic rings. The topological polar surface area (TPSA) is 86.5 Å². The summed E-state index contributed by atoms with van der Waals surface area (Å²) in [6, 6.07) is 14.7. The van der Waals surface area contributed by atoms with Crippen molar-refractivity contribution in [3.05, 3.63) is 54.4 Å². The number of hydrogen-bond acceptors (Lipinski definition) is 6. The first-order chi connectivity index (χ1) is 15.0. The van der Waals surface area contributed by atoms with Gasteiger partial charge in [-0.3, -0.25) is 4.79 Å². The lowest BCUT2D eigenvalue weighted by Crippen LogP contribution is -2.23. The van der Waals surface area contributed by atoms with Gasteiger partial charge in [0, 0.05) is 12.5 Å². The van der Waals surface area contributed by atoms with Crippen molar-refractivity contribution in [2.75, 3.05) is 6.61 Å². The second-order valence-electron chi connectivity index (χ2n) is 7.39. The number of carbonyl (C=O) groups excluding carboxylic acids is 1. The number of carbonyl (C=O) groups is 1. The predicted molar refractivity (Wildman–Crippen MR) is 118 cm³/mol. The second kappa shape index (κ2) is 11.2. The summed E-state index contributed by atoms with van der Waals surface area (Å²) in [5.41, 5.74) is 0.796. The van der Waals surface area contributed by atoms with E-state index in [4.69, 9.17) is 14.0 Å². The number of rotatable bonds is 11. The molecule has 1 atom stereocenters. The molecule has 1 amide bonds. The van der Waals surface area contributed by atoms with E-state index in [2.05, 4.69) is 22.4 Å². The molecule has 7 heteroatoms. The van der Waals surface area contributed by atoms with E-state index in [1.54, 1.807) is 6.92 Å². The van der Waals surface area contributed by atoms with Gasteiger partial charge >= 0.3 is 0 Å². The Kier molecular flexibility index (Phi) is 8.04. The van der Waals surface area contributed by atoms with Crippen molar-refractivity contribution in [3.63, 3.8) is 0 Å². The van der Waals surface area contributed by atoms with E-state index in [1.807, 2.05) is 48.5 Å². The van der Waals surface area contributed by atoms with Gasteiger partial charge in [-0.1, -0.05) is 31.3 Å². The first-order valence-electron chi connectivity index (χ1n) is 10.7. The molecule has 0 radical (unpaired) electrons. The van der Waals surface area contributed by atoms with Crippen LogP contribution < -0.4 is 14.8 Å². The fourth-order valence-electron chi connectivity index (χ4n) is 3.03. The maximum Gasteiger partial charge on any atom is 0.249 e. The monoisotopic (exact) mass is 423 g/mol. The average molecular weight is 424 g/mol. The Morgan fingerprint density at radius 2 is 1.65 bits per heavy atom. The zero-order chi connectivity index (χ0) is 22.1. The molecule has 0 bridgehead atoms. The molecule has 31 heavy (non-hydrogen) atoms. The highest BCUT2D eigenvalue weighted by atomic mass is 16.5. The molecule has 0 saturated carbocycles. The Morgan fingerprint density at radius 1 is 1.00 bits per heavy atom. The molecule has 0 aliphatic rings. The molecular formula is C24H29N3O4. The second-order valence-corrected chi connectivity index (χ2v) is 7.39. The smallest absolute Gasteiger partial charge is 0.249 e. The maximum absolute atomic E-state index is 11.2. The normalized spacial score (nSPS) is 11.7. The van der Waals surface area contributed by atoms with Crippen molar-refractivity contribution >= 4 is 5.91 Å². The number of hydrogen-bond donors (Lipinski definition) is 1. The number of nitrogens with one attached hydrogen (secondary N) is 1. The highest BCUT2D eigenvalue weighted by molar-refractivity contribution is 5.73. The quantitative estimate of drug-likeness (QED) is 0.399. The summed E-state index contributed by atoms with van der Waals surface area (Å²) in [4.78, 5) is 15.5. The number of nitrogens with zero attached hydrogens (tertiary/aromatic N) is 2. The van der Waals surface area contributed by atoms with Gasteiger partial charge < -0.3 is 19.3 Å². The Hall–Kier alpha value is -3.35. The summed E-state index contributed by atoms with van der Waals surface area (Å²) in [6.07, 6.45) is 4.75. The van der Waals surface area contributed by atoms with Gasteiger partial charge in [0.15, 0.2) is 0 Å². The van der Waals surface area contributed by atoms with E-state index >= 15 is 0 Å². The summed E-state index contributed by atoms with van der Waals surface area (Å²) in [7, 11) is 0. The summed E-state index contributed by atoms with van der Waals surface area (Å²) in [5.74, 6) is 2.95. The lowest BCUT2D eigenvalue weighted by molar-refractivity contribution is -0.119. The van der Waals surface area contributed by atoms with E-state index in [1.165, 1.54) is 26.2 Å².